The Labute approximate surface area is 215 Å². The van der Waals surface area contributed by atoms with Crippen molar-refractivity contribution in [3.05, 3.63) is 35.9 Å². The zero-order chi connectivity index (χ0) is 24.0. The first-order chi connectivity index (χ1) is 17.0. The van der Waals surface area contributed by atoms with Gasteiger partial charge in [-0.25, -0.2) is 4.67 Å². The molecular weight excluding hydrogens is 449 g/mol. The molecule has 0 amide bonds. The minimum atomic E-state index is -1.08. The summed E-state index contributed by atoms with van der Waals surface area (Å²) >= 11 is 0. The van der Waals surface area contributed by atoms with Gasteiger partial charge in [0.25, 0.3) is 8.53 Å². The van der Waals surface area contributed by atoms with Crippen LogP contribution in [-0.4, -0.2) is 22.4 Å². The van der Waals surface area contributed by atoms with Crippen LogP contribution in [0, 0.1) is 35.5 Å². The van der Waals surface area contributed by atoms with E-state index in [0.717, 1.165) is 42.1 Å². The standard InChI is InChI=1S/C31H48NO2P/c1-31(2,3)32(21-22-11-5-4-6-12-22)35-33-27-19-17-23-13-7-9-15-25(23)29(27)30-26-16-10-8-14-24(26)18-20-28(30)34-35/h4-6,11-12,23-30H,7-10,13-21H2,1-3H3. The van der Waals surface area contributed by atoms with Gasteiger partial charge in [0.05, 0.1) is 12.2 Å². The molecule has 35 heavy (non-hydrogen) atoms. The zero-order valence-electron chi connectivity index (χ0n) is 22.4. The van der Waals surface area contributed by atoms with Crippen molar-refractivity contribution in [3.63, 3.8) is 0 Å². The monoisotopic (exact) mass is 497 g/mol. The summed E-state index contributed by atoms with van der Waals surface area (Å²) in [5.74, 6) is 5.13. The highest BCUT2D eigenvalue weighted by atomic mass is 31.2. The molecule has 1 aromatic rings. The van der Waals surface area contributed by atoms with Crippen molar-refractivity contribution in [1.29, 1.82) is 0 Å². The summed E-state index contributed by atoms with van der Waals surface area (Å²) in [6.45, 7) is 7.95. The van der Waals surface area contributed by atoms with E-state index in [1.165, 1.54) is 82.6 Å². The van der Waals surface area contributed by atoms with Crippen LogP contribution in [-0.2, 0) is 15.6 Å². The average molecular weight is 498 g/mol. The molecule has 1 saturated heterocycles. The first kappa shape index (κ1) is 24.8. The Bertz CT molecular complexity index is 800. The molecule has 1 heterocycles. The molecule has 0 aromatic heterocycles. The summed E-state index contributed by atoms with van der Waals surface area (Å²) in [7, 11) is -1.08. The summed E-state index contributed by atoms with van der Waals surface area (Å²) < 4.78 is 17.1. The van der Waals surface area contributed by atoms with Crippen molar-refractivity contribution in [1.82, 2.24) is 4.67 Å². The Kier molecular flexibility index (Phi) is 7.35. The molecule has 0 N–H and O–H groups in total. The number of rotatable bonds is 3. The number of hydrogen-bond acceptors (Lipinski definition) is 3. The van der Waals surface area contributed by atoms with E-state index in [1.54, 1.807) is 0 Å². The molecule has 0 radical (unpaired) electrons. The van der Waals surface area contributed by atoms with E-state index in [4.69, 9.17) is 9.05 Å². The summed E-state index contributed by atoms with van der Waals surface area (Å²) in [5, 5.41) is 0. The van der Waals surface area contributed by atoms with Crippen LogP contribution in [0.4, 0.5) is 0 Å². The molecule has 4 saturated carbocycles. The summed E-state index contributed by atoms with van der Waals surface area (Å²) in [6.07, 6.45) is 17.7. The molecule has 4 heteroatoms. The lowest BCUT2D eigenvalue weighted by atomic mass is 9.53. The molecule has 0 spiro atoms. The van der Waals surface area contributed by atoms with Crippen molar-refractivity contribution in [3.8, 4) is 0 Å². The molecule has 8 atom stereocenters. The van der Waals surface area contributed by atoms with Gasteiger partial charge in [0.1, 0.15) is 0 Å². The minimum Gasteiger partial charge on any atom is -0.318 e. The minimum absolute atomic E-state index is 0.000952. The van der Waals surface area contributed by atoms with Crippen LogP contribution in [0.1, 0.15) is 103 Å². The normalized spacial score (nSPS) is 41.8. The van der Waals surface area contributed by atoms with Gasteiger partial charge in [-0.05, 0) is 100 Å². The lowest BCUT2D eigenvalue weighted by Gasteiger charge is -2.53. The van der Waals surface area contributed by atoms with Gasteiger partial charge < -0.3 is 9.05 Å². The van der Waals surface area contributed by atoms with Gasteiger partial charge in [0, 0.05) is 12.1 Å². The van der Waals surface area contributed by atoms with E-state index in [9.17, 15) is 0 Å². The molecule has 5 aliphatic rings. The second-order valence-electron chi connectivity index (χ2n) is 13.5. The molecule has 3 nitrogen and oxygen atoms in total. The molecule has 4 aliphatic carbocycles. The van der Waals surface area contributed by atoms with Crippen molar-refractivity contribution < 1.29 is 9.05 Å². The van der Waals surface area contributed by atoms with Crippen molar-refractivity contribution in [2.45, 2.75) is 122 Å². The van der Waals surface area contributed by atoms with E-state index in [2.05, 4.69) is 55.8 Å². The fourth-order valence-corrected chi connectivity index (χ4v) is 10.9. The molecule has 194 valence electrons. The first-order valence-electron chi connectivity index (χ1n) is 14.9. The van der Waals surface area contributed by atoms with Gasteiger partial charge in [-0.1, -0.05) is 68.9 Å². The third kappa shape index (κ3) is 5.01. The fraction of sp³-hybridized carbons (Fsp3) is 0.806. The van der Waals surface area contributed by atoms with Gasteiger partial charge in [-0.3, -0.25) is 0 Å². The molecule has 0 bridgehead atoms. The Hall–Kier alpha value is -0.470. The number of hydrogen-bond donors (Lipinski definition) is 0. The first-order valence-corrected chi connectivity index (χ1v) is 16.1. The van der Waals surface area contributed by atoms with E-state index in [-0.39, 0.29) is 5.54 Å². The molecule has 5 fully saturated rings. The Balaban J connectivity index is 1.35. The third-order valence-corrected chi connectivity index (χ3v) is 12.5. The maximum Gasteiger partial charge on any atom is 0.260 e. The third-order valence-electron chi connectivity index (χ3n) is 10.5. The molecular formula is C31H48NO2P. The van der Waals surface area contributed by atoms with Gasteiger partial charge in [-0.15, -0.1) is 0 Å². The Morgan fingerprint density at radius 2 is 1.23 bits per heavy atom. The molecule has 1 aromatic carbocycles. The Morgan fingerprint density at radius 3 is 1.74 bits per heavy atom. The van der Waals surface area contributed by atoms with Crippen LogP contribution in [0.15, 0.2) is 30.3 Å². The van der Waals surface area contributed by atoms with E-state index in [1.807, 2.05) is 0 Å². The smallest absolute Gasteiger partial charge is 0.260 e. The highest BCUT2D eigenvalue weighted by Gasteiger charge is 2.56. The quantitative estimate of drug-likeness (QED) is 0.390. The highest BCUT2D eigenvalue weighted by molar-refractivity contribution is 7.44. The van der Waals surface area contributed by atoms with Crippen molar-refractivity contribution in [2.75, 3.05) is 0 Å². The SMILES string of the molecule is CC(C)(C)N(Cc1ccccc1)P1OC2CCC3CCCCC3C2C2C(CCC3CCCCC32)O1. The van der Waals surface area contributed by atoms with Gasteiger partial charge in [0.2, 0.25) is 0 Å². The predicted octanol–water partition coefficient (Wildman–Crippen LogP) is 8.73. The largest absolute Gasteiger partial charge is 0.318 e. The fourth-order valence-electron chi connectivity index (χ4n) is 8.88. The van der Waals surface area contributed by atoms with Crippen LogP contribution >= 0.6 is 8.53 Å². The highest BCUT2D eigenvalue weighted by Crippen LogP contribution is 2.63. The van der Waals surface area contributed by atoms with Crippen LogP contribution in [0.25, 0.3) is 0 Å². The number of benzene rings is 1. The van der Waals surface area contributed by atoms with Crippen LogP contribution in [0.3, 0.4) is 0 Å². The van der Waals surface area contributed by atoms with Gasteiger partial charge >= 0.3 is 0 Å². The summed E-state index contributed by atoms with van der Waals surface area (Å²) in [4.78, 5) is 0. The zero-order valence-corrected chi connectivity index (χ0v) is 23.3. The number of nitrogens with zero attached hydrogens (tertiary/aromatic N) is 1. The van der Waals surface area contributed by atoms with Crippen molar-refractivity contribution >= 4 is 8.53 Å². The summed E-state index contributed by atoms with van der Waals surface area (Å²) in [6, 6.07) is 11.0. The maximum atomic E-state index is 7.27. The van der Waals surface area contributed by atoms with E-state index < -0.39 is 8.53 Å². The molecule has 8 unspecified atom stereocenters. The predicted molar refractivity (Wildman–Crippen MR) is 145 cm³/mol. The van der Waals surface area contributed by atoms with Gasteiger partial charge in [-0.2, -0.15) is 0 Å². The van der Waals surface area contributed by atoms with Crippen LogP contribution in [0.5, 0.6) is 0 Å². The van der Waals surface area contributed by atoms with E-state index in [0.29, 0.717) is 12.2 Å². The Morgan fingerprint density at radius 1 is 0.714 bits per heavy atom. The summed E-state index contributed by atoms with van der Waals surface area (Å²) in [5.41, 5.74) is 1.36. The maximum absolute atomic E-state index is 7.27. The molecule has 1 aliphatic heterocycles. The topological polar surface area (TPSA) is 21.7 Å². The molecule has 6 rings (SSSR count). The second kappa shape index (κ2) is 10.4. The lowest BCUT2D eigenvalue weighted by molar-refractivity contribution is -0.0856. The van der Waals surface area contributed by atoms with Crippen LogP contribution < -0.4 is 0 Å². The van der Waals surface area contributed by atoms with E-state index >= 15 is 0 Å². The van der Waals surface area contributed by atoms with Gasteiger partial charge in [0.15, 0.2) is 0 Å². The van der Waals surface area contributed by atoms with Crippen LogP contribution in [0.2, 0.25) is 0 Å². The number of fused-ring (bicyclic) bond motifs is 7. The second-order valence-corrected chi connectivity index (χ2v) is 14.8. The van der Waals surface area contributed by atoms with Crippen molar-refractivity contribution in [2.24, 2.45) is 35.5 Å². The lowest BCUT2D eigenvalue weighted by Crippen LogP contribution is -2.51. The average Bonchev–Trinajstić information content (AvgIpc) is 3.04.